The number of pyridine rings is 1. The molecule has 0 bridgehead atoms. The first-order valence-corrected chi connectivity index (χ1v) is 9.28. The zero-order chi connectivity index (χ0) is 18.6. The van der Waals surface area contributed by atoms with Crippen LogP contribution in [0.3, 0.4) is 0 Å². The summed E-state index contributed by atoms with van der Waals surface area (Å²) in [6.07, 6.45) is 4.72. The Morgan fingerprint density at radius 3 is 2.85 bits per heavy atom. The first-order chi connectivity index (χ1) is 13.2. The third kappa shape index (κ3) is 4.01. The molecule has 3 aromatic heterocycles. The molecule has 0 atom stereocenters. The standard InChI is InChI=1S/C19H16N4O3S/c1-12-3-2-4-15-17(12)23-19(26-15)27-11-16-22-14(10-25-16)18(24)21-9-13-5-7-20-8-6-13/h2-8,10H,9,11H2,1H3,(H,21,24). The van der Waals surface area contributed by atoms with E-state index >= 15 is 0 Å². The maximum Gasteiger partial charge on any atom is 0.273 e. The van der Waals surface area contributed by atoms with Gasteiger partial charge in [-0.15, -0.1) is 0 Å². The van der Waals surface area contributed by atoms with Crippen molar-refractivity contribution in [3.8, 4) is 0 Å². The number of aryl methyl sites for hydroxylation is 1. The molecule has 4 aromatic rings. The van der Waals surface area contributed by atoms with Gasteiger partial charge in [-0.2, -0.15) is 0 Å². The SMILES string of the molecule is Cc1cccc2oc(SCc3nc(C(=O)NCc4ccncc4)co3)nc12. The van der Waals surface area contributed by atoms with Gasteiger partial charge in [0.05, 0.1) is 5.75 Å². The maximum absolute atomic E-state index is 12.2. The number of hydrogen-bond donors (Lipinski definition) is 1. The van der Waals surface area contributed by atoms with E-state index in [4.69, 9.17) is 8.83 Å². The lowest BCUT2D eigenvalue weighted by Gasteiger charge is -2.01. The first kappa shape index (κ1) is 17.3. The molecule has 0 aliphatic rings. The van der Waals surface area contributed by atoms with Crippen LogP contribution in [-0.4, -0.2) is 20.9 Å². The third-order valence-corrected chi connectivity index (χ3v) is 4.72. The summed E-state index contributed by atoms with van der Waals surface area (Å²) in [7, 11) is 0. The Kier molecular flexibility index (Phi) is 4.88. The van der Waals surface area contributed by atoms with Crippen LogP contribution >= 0.6 is 11.8 Å². The summed E-state index contributed by atoms with van der Waals surface area (Å²) in [6, 6.07) is 9.49. The number of fused-ring (bicyclic) bond motifs is 1. The lowest BCUT2D eigenvalue weighted by atomic mass is 10.2. The van der Waals surface area contributed by atoms with E-state index in [0.717, 1.165) is 22.2 Å². The fraction of sp³-hybridized carbons (Fsp3) is 0.158. The Balaban J connectivity index is 1.36. The van der Waals surface area contributed by atoms with E-state index in [2.05, 4.69) is 20.3 Å². The van der Waals surface area contributed by atoms with Crippen molar-refractivity contribution in [1.82, 2.24) is 20.3 Å². The predicted molar refractivity (Wildman–Crippen MR) is 100 cm³/mol. The Morgan fingerprint density at radius 1 is 1.19 bits per heavy atom. The molecule has 1 aromatic carbocycles. The van der Waals surface area contributed by atoms with Gasteiger partial charge in [0.1, 0.15) is 11.8 Å². The highest BCUT2D eigenvalue weighted by atomic mass is 32.2. The Labute approximate surface area is 159 Å². The topological polar surface area (TPSA) is 94.1 Å². The van der Waals surface area contributed by atoms with Crippen molar-refractivity contribution >= 4 is 28.8 Å². The largest absolute Gasteiger partial charge is 0.447 e. The molecule has 0 radical (unpaired) electrons. The van der Waals surface area contributed by atoms with Crippen LogP contribution in [0.4, 0.5) is 0 Å². The van der Waals surface area contributed by atoms with Gasteiger partial charge in [-0.3, -0.25) is 9.78 Å². The molecule has 4 rings (SSSR count). The molecular formula is C19H16N4O3S. The Bertz CT molecular complexity index is 1070. The molecular weight excluding hydrogens is 364 g/mol. The van der Waals surface area contributed by atoms with Crippen molar-refractivity contribution in [2.45, 2.75) is 24.4 Å². The van der Waals surface area contributed by atoms with Gasteiger partial charge in [0, 0.05) is 18.9 Å². The lowest BCUT2D eigenvalue weighted by Crippen LogP contribution is -2.23. The van der Waals surface area contributed by atoms with Gasteiger partial charge in [-0.25, -0.2) is 9.97 Å². The first-order valence-electron chi connectivity index (χ1n) is 8.29. The molecule has 8 heteroatoms. The molecule has 0 saturated heterocycles. The van der Waals surface area contributed by atoms with Gasteiger partial charge in [-0.1, -0.05) is 23.9 Å². The van der Waals surface area contributed by atoms with Gasteiger partial charge in [0.2, 0.25) is 5.89 Å². The predicted octanol–water partition coefficient (Wildman–Crippen LogP) is 3.74. The molecule has 0 aliphatic heterocycles. The minimum atomic E-state index is -0.288. The van der Waals surface area contributed by atoms with E-state index in [1.54, 1.807) is 12.4 Å². The average molecular weight is 380 g/mol. The fourth-order valence-electron chi connectivity index (χ4n) is 2.51. The molecule has 0 spiro atoms. The number of para-hydroxylation sites is 1. The van der Waals surface area contributed by atoms with Crippen molar-refractivity contribution in [1.29, 1.82) is 0 Å². The number of oxazole rings is 2. The zero-order valence-electron chi connectivity index (χ0n) is 14.5. The van der Waals surface area contributed by atoms with Gasteiger partial charge >= 0.3 is 0 Å². The normalized spacial score (nSPS) is 11.0. The van der Waals surface area contributed by atoms with Crippen LogP contribution in [0.1, 0.15) is 27.5 Å². The number of carbonyl (C=O) groups is 1. The van der Waals surface area contributed by atoms with Crippen LogP contribution < -0.4 is 5.32 Å². The van der Waals surface area contributed by atoms with Crippen LogP contribution in [-0.2, 0) is 12.3 Å². The molecule has 3 heterocycles. The summed E-state index contributed by atoms with van der Waals surface area (Å²) in [5, 5.41) is 3.34. The Hall–Kier alpha value is -3.13. The fourth-order valence-corrected chi connectivity index (χ4v) is 3.19. The molecule has 27 heavy (non-hydrogen) atoms. The highest BCUT2D eigenvalue weighted by molar-refractivity contribution is 7.98. The van der Waals surface area contributed by atoms with Crippen molar-refractivity contribution in [3.05, 3.63) is 71.7 Å². The molecule has 1 N–H and O–H groups in total. The maximum atomic E-state index is 12.2. The van der Waals surface area contributed by atoms with Crippen molar-refractivity contribution in [2.75, 3.05) is 0 Å². The second-order valence-electron chi connectivity index (χ2n) is 5.85. The Morgan fingerprint density at radius 2 is 2.04 bits per heavy atom. The number of benzene rings is 1. The number of carbonyl (C=O) groups excluding carboxylic acids is 1. The van der Waals surface area contributed by atoms with Gasteiger partial charge in [0.15, 0.2) is 11.3 Å². The number of thioether (sulfide) groups is 1. The lowest BCUT2D eigenvalue weighted by molar-refractivity contribution is 0.0946. The second-order valence-corrected chi connectivity index (χ2v) is 6.78. The van der Waals surface area contributed by atoms with E-state index in [1.807, 2.05) is 37.3 Å². The quantitative estimate of drug-likeness (QED) is 0.509. The highest BCUT2D eigenvalue weighted by Gasteiger charge is 2.14. The summed E-state index contributed by atoms with van der Waals surface area (Å²) in [6.45, 7) is 2.39. The van der Waals surface area contributed by atoms with Gasteiger partial charge in [0.25, 0.3) is 11.1 Å². The van der Waals surface area contributed by atoms with Crippen molar-refractivity contribution in [3.63, 3.8) is 0 Å². The van der Waals surface area contributed by atoms with Crippen molar-refractivity contribution < 1.29 is 13.6 Å². The molecule has 7 nitrogen and oxygen atoms in total. The monoisotopic (exact) mass is 380 g/mol. The van der Waals surface area contributed by atoms with Gasteiger partial charge < -0.3 is 14.2 Å². The highest BCUT2D eigenvalue weighted by Crippen LogP contribution is 2.27. The number of rotatable bonds is 6. The van der Waals surface area contributed by atoms with E-state index in [1.165, 1.54) is 18.0 Å². The second kappa shape index (κ2) is 7.63. The van der Waals surface area contributed by atoms with E-state index in [-0.39, 0.29) is 11.6 Å². The molecule has 136 valence electrons. The average Bonchev–Trinajstić information content (AvgIpc) is 3.33. The molecule has 0 saturated carbocycles. The number of aromatic nitrogens is 3. The number of amides is 1. The zero-order valence-corrected chi connectivity index (χ0v) is 15.3. The van der Waals surface area contributed by atoms with E-state index in [0.29, 0.717) is 23.4 Å². The molecule has 0 unspecified atom stereocenters. The summed E-state index contributed by atoms with van der Waals surface area (Å²) in [5.74, 6) is 0.570. The van der Waals surface area contributed by atoms with Crippen LogP contribution in [0.15, 0.2) is 63.0 Å². The molecule has 0 aliphatic carbocycles. The minimum Gasteiger partial charge on any atom is -0.447 e. The van der Waals surface area contributed by atoms with Crippen LogP contribution in [0.2, 0.25) is 0 Å². The van der Waals surface area contributed by atoms with E-state index < -0.39 is 0 Å². The van der Waals surface area contributed by atoms with Crippen LogP contribution in [0, 0.1) is 6.92 Å². The number of hydrogen-bond acceptors (Lipinski definition) is 7. The minimum absolute atomic E-state index is 0.244. The summed E-state index contributed by atoms with van der Waals surface area (Å²) < 4.78 is 11.1. The summed E-state index contributed by atoms with van der Waals surface area (Å²) in [5.41, 5.74) is 3.87. The smallest absolute Gasteiger partial charge is 0.273 e. The van der Waals surface area contributed by atoms with Crippen molar-refractivity contribution in [2.24, 2.45) is 0 Å². The van der Waals surface area contributed by atoms with Gasteiger partial charge in [-0.05, 0) is 36.2 Å². The molecule has 1 amide bonds. The summed E-state index contributed by atoms with van der Waals surface area (Å²) in [4.78, 5) is 24.8. The number of nitrogens with one attached hydrogen (secondary N) is 1. The number of nitrogens with zero attached hydrogens (tertiary/aromatic N) is 3. The van der Waals surface area contributed by atoms with Crippen LogP contribution in [0.25, 0.3) is 11.1 Å². The third-order valence-electron chi connectivity index (χ3n) is 3.91. The van der Waals surface area contributed by atoms with Crippen LogP contribution in [0.5, 0.6) is 0 Å². The summed E-state index contributed by atoms with van der Waals surface area (Å²) >= 11 is 1.37. The van der Waals surface area contributed by atoms with E-state index in [9.17, 15) is 4.79 Å². The molecule has 0 fully saturated rings.